The van der Waals surface area contributed by atoms with Crippen molar-refractivity contribution in [2.45, 2.75) is 86.5 Å². The zero-order valence-electron chi connectivity index (χ0n) is 25.5. The van der Waals surface area contributed by atoms with E-state index < -0.39 is 21.0 Å². The summed E-state index contributed by atoms with van der Waals surface area (Å²) in [7, 11) is -3.89. The van der Waals surface area contributed by atoms with Crippen LogP contribution in [0.3, 0.4) is 0 Å². The maximum absolute atomic E-state index is 13.4. The number of benzene rings is 3. The van der Waals surface area contributed by atoms with Gasteiger partial charge in [-0.05, 0) is 142 Å². The first-order valence-corrected chi connectivity index (χ1v) is 15.3. The van der Waals surface area contributed by atoms with E-state index >= 15 is 0 Å². The SMILES string of the molecule is Cc1c(C)c(C)c(N2/C(=C/C=C3/C(=O)c4ccccc4S3(=O)=O)C(C)(C)c3c(C)c(C)c(C)c(C)c32)c(C)c1C. The fraction of sp³-hybridized carbons (Fsp3) is 0.343. The van der Waals surface area contributed by atoms with Crippen molar-refractivity contribution in [1.29, 1.82) is 0 Å². The second kappa shape index (κ2) is 9.04. The first-order chi connectivity index (χ1) is 18.6. The molecule has 3 aromatic carbocycles. The number of hydrogen-bond acceptors (Lipinski definition) is 4. The number of nitrogens with zero attached hydrogens (tertiary/aromatic N) is 1. The molecule has 0 amide bonds. The van der Waals surface area contributed by atoms with Crippen LogP contribution in [0.4, 0.5) is 11.4 Å². The van der Waals surface area contributed by atoms with Gasteiger partial charge in [0.25, 0.3) is 0 Å². The number of allylic oxidation sites excluding steroid dienone is 4. The highest BCUT2D eigenvalue weighted by molar-refractivity contribution is 7.97. The molecule has 5 rings (SSSR count). The van der Waals surface area contributed by atoms with Gasteiger partial charge >= 0.3 is 0 Å². The number of Topliss-reactive ketones (excluding diaryl/α,β-unsaturated/α-hetero) is 1. The molecule has 4 nitrogen and oxygen atoms in total. The summed E-state index contributed by atoms with van der Waals surface area (Å²) in [6.45, 7) is 24.0. The maximum Gasteiger partial charge on any atom is 0.211 e. The molecule has 0 radical (unpaired) electrons. The monoisotopic (exact) mass is 553 g/mol. The number of fused-ring (bicyclic) bond motifs is 2. The molecule has 0 aromatic heterocycles. The van der Waals surface area contributed by atoms with E-state index in [0.717, 1.165) is 17.1 Å². The Kier molecular flexibility index (Phi) is 6.35. The Morgan fingerprint density at radius 1 is 0.650 bits per heavy atom. The number of rotatable bonds is 2. The molecule has 0 saturated heterocycles. The van der Waals surface area contributed by atoms with Gasteiger partial charge in [-0.3, -0.25) is 4.79 Å². The summed E-state index contributed by atoms with van der Waals surface area (Å²) in [4.78, 5) is 15.6. The molecule has 0 spiro atoms. The van der Waals surface area contributed by atoms with Crippen LogP contribution in [0.15, 0.2) is 51.9 Å². The third-order valence-corrected chi connectivity index (χ3v) is 11.7. The van der Waals surface area contributed by atoms with E-state index in [1.165, 1.54) is 67.8 Å². The number of hydrogen-bond donors (Lipinski definition) is 0. The summed E-state index contributed by atoms with van der Waals surface area (Å²) < 4.78 is 26.9. The Morgan fingerprint density at radius 3 is 1.68 bits per heavy atom. The lowest BCUT2D eigenvalue weighted by Gasteiger charge is -2.32. The van der Waals surface area contributed by atoms with E-state index in [-0.39, 0.29) is 15.4 Å². The van der Waals surface area contributed by atoms with Crippen LogP contribution in [-0.2, 0) is 15.3 Å². The van der Waals surface area contributed by atoms with Crippen LogP contribution >= 0.6 is 0 Å². The lowest BCUT2D eigenvalue weighted by molar-refractivity contribution is 0.104. The summed E-state index contributed by atoms with van der Waals surface area (Å²) in [6.07, 6.45) is 3.42. The summed E-state index contributed by atoms with van der Waals surface area (Å²) in [5.74, 6) is -0.444. The number of carbonyl (C=O) groups excluding carboxylic acids is 1. The zero-order chi connectivity index (χ0) is 29.6. The van der Waals surface area contributed by atoms with Gasteiger partial charge in [-0.2, -0.15) is 0 Å². The van der Waals surface area contributed by atoms with Gasteiger partial charge in [0, 0.05) is 16.7 Å². The second-order valence-corrected chi connectivity index (χ2v) is 14.0. The predicted molar refractivity (Wildman–Crippen MR) is 165 cm³/mol. The van der Waals surface area contributed by atoms with Gasteiger partial charge in [0.15, 0.2) is 0 Å². The number of sulfone groups is 1. The van der Waals surface area contributed by atoms with Crippen LogP contribution < -0.4 is 4.90 Å². The predicted octanol–water partition coefficient (Wildman–Crippen LogP) is 8.33. The van der Waals surface area contributed by atoms with Crippen molar-refractivity contribution in [2.24, 2.45) is 0 Å². The standard InChI is InChI=1S/C35H39NO3S/c1-18-20(3)24(7)32(25(8)21(18)4)36-30(35(10,11)31-23(6)19(2)22(5)26(9)33(31)36)17-16-29-34(37)27-14-12-13-15-28(27)40(29,38)39/h12-17H,1-11H3/b29-16-,30-17+. The van der Waals surface area contributed by atoms with Crippen LogP contribution in [0.2, 0.25) is 0 Å². The van der Waals surface area contributed by atoms with E-state index in [9.17, 15) is 13.2 Å². The fourth-order valence-electron chi connectivity index (χ4n) is 6.78. The lowest BCUT2D eigenvalue weighted by atomic mass is 9.78. The Hall–Kier alpha value is -3.44. The van der Waals surface area contributed by atoms with Crippen molar-refractivity contribution in [3.8, 4) is 0 Å². The molecular formula is C35H39NO3S. The molecule has 0 bridgehead atoms. The maximum atomic E-state index is 13.4. The van der Waals surface area contributed by atoms with Crippen LogP contribution in [0, 0.1) is 62.3 Å². The summed E-state index contributed by atoms with van der Waals surface area (Å²) in [5, 5.41) is 0. The molecule has 0 fully saturated rings. The van der Waals surface area contributed by atoms with Crippen molar-refractivity contribution in [3.05, 3.63) is 108 Å². The molecule has 208 valence electrons. The van der Waals surface area contributed by atoms with E-state index in [1.54, 1.807) is 18.2 Å². The minimum atomic E-state index is -3.89. The highest BCUT2D eigenvalue weighted by Gasteiger charge is 2.45. The van der Waals surface area contributed by atoms with Crippen molar-refractivity contribution < 1.29 is 13.2 Å². The summed E-state index contributed by atoms with van der Waals surface area (Å²) in [5.41, 5.74) is 15.5. The van der Waals surface area contributed by atoms with Crippen LogP contribution in [0.5, 0.6) is 0 Å². The minimum absolute atomic E-state index is 0.0879. The minimum Gasteiger partial charge on any atom is -0.312 e. The largest absolute Gasteiger partial charge is 0.312 e. The molecule has 2 heterocycles. The van der Waals surface area contributed by atoms with Crippen molar-refractivity contribution in [3.63, 3.8) is 0 Å². The van der Waals surface area contributed by atoms with Gasteiger partial charge in [0.2, 0.25) is 15.6 Å². The normalized spacial score (nSPS) is 19.1. The molecule has 0 N–H and O–H groups in total. The topological polar surface area (TPSA) is 54.5 Å². The molecule has 3 aromatic rings. The van der Waals surface area contributed by atoms with E-state index in [2.05, 4.69) is 81.1 Å². The van der Waals surface area contributed by atoms with Crippen LogP contribution in [0.1, 0.15) is 79.8 Å². The molecule has 0 unspecified atom stereocenters. The summed E-state index contributed by atoms with van der Waals surface area (Å²) in [6, 6.07) is 6.47. The van der Waals surface area contributed by atoms with Gasteiger partial charge in [-0.25, -0.2) is 8.42 Å². The second-order valence-electron chi connectivity index (χ2n) is 12.1. The van der Waals surface area contributed by atoms with Crippen molar-refractivity contribution in [1.82, 2.24) is 0 Å². The number of ketones is 1. The third kappa shape index (κ3) is 3.56. The zero-order valence-corrected chi connectivity index (χ0v) is 26.4. The third-order valence-electron chi connectivity index (χ3n) is 9.90. The summed E-state index contributed by atoms with van der Waals surface area (Å²) >= 11 is 0. The van der Waals surface area contributed by atoms with Gasteiger partial charge in [-0.15, -0.1) is 0 Å². The fourth-order valence-corrected chi connectivity index (χ4v) is 8.32. The number of carbonyl (C=O) groups is 1. The Balaban J connectivity index is 1.88. The molecular weight excluding hydrogens is 514 g/mol. The first kappa shape index (κ1) is 28.1. The highest BCUT2D eigenvalue weighted by Crippen LogP contribution is 2.57. The van der Waals surface area contributed by atoms with Crippen molar-refractivity contribution in [2.75, 3.05) is 4.90 Å². The molecule has 0 atom stereocenters. The molecule has 0 aliphatic carbocycles. The van der Waals surface area contributed by atoms with Gasteiger partial charge in [-0.1, -0.05) is 26.0 Å². The molecule has 40 heavy (non-hydrogen) atoms. The van der Waals surface area contributed by atoms with E-state index in [4.69, 9.17) is 0 Å². The molecule has 2 aliphatic rings. The van der Waals surface area contributed by atoms with E-state index in [0.29, 0.717) is 0 Å². The highest BCUT2D eigenvalue weighted by atomic mass is 32.2. The average Bonchev–Trinajstić information content (AvgIpc) is 3.25. The Morgan fingerprint density at radius 2 is 1.12 bits per heavy atom. The first-order valence-electron chi connectivity index (χ1n) is 13.9. The van der Waals surface area contributed by atoms with Gasteiger partial charge < -0.3 is 4.90 Å². The average molecular weight is 554 g/mol. The van der Waals surface area contributed by atoms with Crippen molar-refractivity contribution >= 4 is 27.0 Å². The van der Waals surface area contributed by atoms with Gasteiger partial charge in [0.05, 0.1) is 16.3 Å². The Bertz CT molecular complexity index is 1810. The molecule has 2 aliphatic heterocycles. The van der Waals surface area contributed by atoms with Crippen LogP contribution in [0.25, 0.3) is 0 Å². The lowest BCUT2D eigenvalue weighted by Crippen LogP contribution is -2.25. The number of anilines is 2. The Labute approximate surface area is 239 Å². The van der Waals surface area contributed by atoms with Gasteiger partial charge in [0.1, 0.15) is 4.91 Å². The van der Waals surface area contributed by atoms with Crippen LogP contribution in [-0.4, -0.2) is 14.2 Å². The smallest absolute Gasteiger partial charge is 0.211 e. The van der Waals surface area contributed by atoms with E-state index in [1.807, 2.05) is 6.08 Å². The quantitative estimate of drug-likeness (QED) is 0.299. The molecule has 0 saturated carbocycles. The molecule has 5 heteroatoms.